The van der Waals surface area contributed by atoms with Crippen molar-refractivity contribution in [2.24, 2.45) is 11.0 Å². The molecule has 1 aliphatic carbocycles. The van der Waals surface area contributed by atoms with E-state index in [1.165, 1.54) is 11.1 Å². The SMILES string of the molecule is COc1cccc([C@@H]2Nc3ccc(/C(C)=N\NC(=O)CSCc4cccc(Br)c4)cc3[C@@H]3C=CC[C@@H]32)c1OC. The summed E-state index contributed by atoms with van der Waals surface area (Å²) in [5.74, 6) is 3.15. The highest BCUT2D eigenvalue weighted by Crippen LogP contribution is 2.52. The lowest BCUT2D eigenvalue weighted by Gasteiger charge is -2.38. The van der Waals surface area contributed by atoms with E-state index >= 15 is 0 Å². The largest absolute Gasteiger partial charge is 0.493 e. The van der Waals surface area contributed by atoms with Crippen LogP contribution in [0.4, 0.5) is 5.69 Å². The Balaban J connectivity index is 1.28. The van der Waals surface area contributed by atoms with Crippen molar-refractivity contribution in [3.8, 4) is 11.5 Å². The third kappa shape index (κ3) is 6.02. The number of ether oxygens (including phenoxy) is 2. The van der Waals surface area contributed by atoms with Gasteiger partial charge in [-0.1, -0.05) is 58.4 Å². The number of benzene rings is 3. The van der Waals surface area contributed by atoms with Gasteiger partial charge < -0.3 is 14.8 Å². The molecule has 0 aromatic heterocycles. The van der Waals surface area contributed by atoms with Crippen molar-refractivity contribution in [1.29, 1.82) is 0 Å². The number of anilines is 1. The molecule has 0 unspecified atom stereocenters. The zero-order chi connectivity index (χ0) is 27.4. The molecule has 8 heteroatoms. The Morgan fingerprint density at radius 3 is 2.74 bits per heavy atom. The summed E-state index contributed by atoms with van der Waals surface area (Å²) in [6.07, 6.45) is 5.56. The topological polar surface area (TPSA) is 72.0 Å². The lowest BCUT2D eigenvalue weighted by Crippen LogP contribution is -2.29. The summed E-state index contributed by atoms with van der Waals surface area (Å²) in [6.45, 7) is 1.93. The standard InChI is InChI=1S/C31H32BrN3O3S/c1-19(34-35-29(36)18-39-17-20-7-4-8-22(32)15-20)21-13-14-27-26(16-21)23-9-5-10-24(23)30(33-27)25-11-6-12-28(37-2)31(25)38-3/h4-9,11-16,23-24,30,33H,10,17-18H2,1-3H3,(H,35,36)/b34-19-/t23-,24+,30-/m1/s1. The van der Waals surface area contributed by atoms with Gasteiger partial charge in [-0.05, 0) is 66.3 Å². The predicted molar refractivity (Wildman–Crippen MR) is 163 cm³/mol. The molecule has 6 nitrogen and oxygen atoms in total. The molecule has 1 aliphatic heterocycles. The fraction of sp³-hybridized carbons (Fsp3) is 0.290. The van der Waals surface area contributed by atoms with Gasteiger partial charge in [-0.25, -0.2) is 5.43 Å². The normalized spacial score (nSPS) is 19.6. The maximum atomic E-state index is 12.4. The number of carbonyl (C=O) groups excluding carboxylic acids is 1. The summed E-state index contributed by atoms with van der Waals surface area (Å²) < 4.78 is 12.4. The molecule has 39 heavy (non-hydrogen) atoms. The van der Waals surface area contributed by atoms with E-state index in [2.05, 4.69) is 80.3 Å². The summed E-state index contributed by atoms with van der Waals surface area (Å²) >= 11 is 5.05. The number of allylic oxidation sites excluding steroid dienone is 2. The van der Waals surface area contributed by atoms with Crippen LogP contribution in [0.15, 0.2) is 82.4 Å². The van der Waals surface area contributed by atoms with Gasteiger partial charge in [0.25, 0.3) is 0 Å². The van der Waals surface area contributed by atoms with Gasteiger partial charge >= 0.3 is 0 Å². The van der Waals surface area contributed by atoms with E-state index < -0.39 is 0 Å². The van der Waals surface area contributed by atoms with Gasteiger partial charge in [0.05, 0.1) is 31.7 Å². The second-order valence-electron chi connectivity index (χ2n) is 9.72. The number of carbonyl (C=O) groups is 1. The van der Waals surface area contributed by atoms with Gasteiger partial charge in [-0.3, -0.25) is 4.79 Å². The number of hydrogen-bond donors (Lipinski definition) is 2. The van der Waals surface area contributed by atoms with Crippen LogP contribution in [0.2, 0.25) is 0 Å². The minimum absolute atomic E-state index is 0.0944. The third-order valence-electron chi connectivity index (χ3n) is 7.29. The Kier molecular flexibility index (Phi) is 8.63. The number of nitrogens with one attached hydrogen (secondary N) is 2. The Morgan fingerprint density at radius 1 is 1.10 bits per heavy atom. The van der Waals surface area contributed by atoms with Crippen LogP contribution in [-0.4, -0.2) is 31.6 Å². The highest BCUT2D eigenvalue weighted by molar-refractivity contribution is 9.10. The lowest BCUT2D eigenvalue weighted by atomic mass is 9.76. The smallest absolute Gasteiger partial charge is 0.250 e. The quantitative estimate of drug-likeness (QED) is 0.155. The van der Waals surface area contributed by atoms with Crippen LogP contribution in [0.25, 0.3) is 0 Å². The summed E-state index contributed by atoms with van der Waals surface area (Å²) in [7, 11) is 3.36. The highest BCUT2D eigenvalue weighted by Gasteiger charge is 2.39. The van der Waals surface area contributed by atoms with Crippen molar-refractivity contribution in [1.82, 2.24) is 5.43 Å². The van der Waals surface area contributed by atoms with Crippen LogP contribution in [0, 0.1) is 5.92 Å². The zero-order valence-electron chi connectivity index (χ0n) is 22.2. The minimum atomic E-state index is -0.108. The number of nitrogens with zero attached hydrogens (tertiary/aromatic N) is 1. The van der Waals surface area contributed by atoms with E-state index in [1.807, 2.05) is 31.2 Å². The Morgan fingerprint density at radius 2 is 1.95 bits per heavy atom. The third-order valence-corrected chi connectivity index (χ3v) is 8.79. The van der Waals surface area contributed by atoms with E-state index in [0.29, 0.717) is 11.7 Å². The molecule has 0 spiro atoms. The first-order valence-corrected chi connectivity index (χ1v) is 14.9. The molecule has 0 saturated carbocycles. The van der Waals surface area contributed by atoms with Crippen LogP contribution in [-0.2, 0) is 10.5 Å². The number of thioether (sulfide) groups is 1. The maximum absolute atomic E-state index is 12.4. The number of hydrogen-bond acceptors (Lipinski definition) is 6. The molecule has 0 fully saturated rings. The Bertz CT molecular complexity index is 1420. The van der Waals surface area contributed by atoms with Gasteiger partial charge in [0.15, 0.2) is 11.5 Å². The van der Waals surface area contributed by atoms with E-state index in [-0.39, 0.29) is 17.9 Å². The van der Waals surface area contributed by atoms with E-state index in [0.717, 1.165) is 50.7 Å². The van der Waals surface area contributed by atoms with Crippen molar-refractivity contribution < 1.29 is 14.3 Å². The molecule has 0 bridgehead atoms. The highest BCUT2D eigenvalue weighted by atomic mass is 79.9. The van der Waals surface area contributed by atoms with Gasteiger partial charge in [0.1, 0.15) is 0 Å². The van der Waals surface area contributed by atoms with Crippen LogP contribution < -0.4 is 20.2 Å². The monoisotopic (exact) mass is 605 g/mol. The van der Waals surface area contributed by atoms with E-state index in [4.69, 9.17) is 9.47 Å². The Labute approximate surface area is 242 Å². The first-order valence-electron chi connectivity index (χ1n) is 12.9. The number of amides is 1. The molecule has 3 aromatic rings. The fourth-order valence-electron chi connectivity index (χ4n) is 5.42. The number of halogens is 1. The van der Waals surface area contributed by atoms with E-state index in [1.54, 1.807) is 26.0 Å². The molecular formula is C31H32BrN3O3S. The zero-order valence-corrected chi connectivity index (χ0v) is 24.6. The van der Waals surface area contributed by atoms with Crippen molar-refractivity contribution in [2.75, 3.05) is 25.3 Å². The molecule has 1 heterocycles. The second-order valence-corrected chi connectivity index (χ2v) is 11.6. The molecule has 0 saturated heterocycles. The average Bonchev–Trinajstić information content (AvgIpc) is 3.45. The number of fused-ring (bicyclic) bond motifs is 3. The van der Waals surface area contributed by atoms with Gasteiger partial charge in [-0.15, -0.1) is 11.8 Å². The molecule has 202 valence electrons. The maximum Gasteiger partial charge on any atom is 0.250 e. The molecule has 0 radical (unpaired) electrons. The predicted octanol–water partition coefficient (Wildman–Crippen LogP) is 7.07. The van der Waals surface area contributed by atoms with Gasteiger partial charge in [0.2, 0.25) is 5.91 Å². The molecule has 3 atom stereocenters. The van der Waals surface area contributed by atoms with Crippen LogP contribution in [0.3, 0.4) is 0 Å². The van der Waals surface area contributed by atoms with Crippen molar-refractivity contribution in [3.05, 3.63) is 99.5 Å². The fourth-order valence-corrected chi connectivity index (χ4v) is 6.63. The first-order chi connectivity index (χ1) is 19.0. The first kappa shape index (κ1) is 27.3. The van der Waals surface area contributed by atoms with Crippen molar-refractivity contribution in [2.45, 2.75) is 31.1 Å². The molecule has 2 aliphatic rings. The number of hydrazone groups is 1. The molecule has 2 N–H and O–H groups in total. The Hall–Kier alpha value is -3.23. The van der Waals surface area contributed by atoms with Gasteiger partial charge in [-0.2, -0.15) is 5.10 Å². The molecule has 5 rings (SSSR count). The van der Waals surface area contributed by atoms with Crippen LogP contribution in [0.5, 0.6) is 11.5 Å². The average molecular weight is 607 g/mol. The van der Waals surface area contributed by atoms with Crippen molar-refractivity contribution >= 4 is 45.0 Å². The molecular weight excluding hydrogens is 574 g/mol. The molecule has 3 aromatic carbocycles. The summed E-state index contributed by atoms with van der Waals surface area (Å²) in [4.78, 5) is 12.4. The van der Waals surface area contributed by atoms with E-state index in [9.17, 15) is 4.79 Å². The summed E-state index contributed by atoms with van der Waals surface area (Å²) in [6, 6.07) is 20.6. The minimum Gasteiger partial charge on any atom is -0.493 e. The van der Waals surface area contributed by atoms with Crippen LogP contribution in [0.1, 0.15) is 47.6 Å². The van der Waals surface area contributed by atoms with Crippen LogP contribution >= 0.6 is 27.7 Å². The molecule has 1 amide bonds. The van der Waals surface area contributed by atoms with Crippen molar-refractivity contribution in [3.63, 3.8) is 0 Å². The summed E-state index contributed by atoms with van der Waals surface area (Å²) in [5.41, 5.74) is 9.11. The number of methoxy groups -OCH3 is 2. The second kappa shape index (κ2) is 12.3. The lowest BCUT2D eigenvalue weighted by molar-refractivity contribution is -0.118. The van der Waals surface area contributed by atoms with Gasteiger partial charge in [0, 0.05) is 27.4 Å². The summed E-state index contributed by atoms with van der Waals surface area (Å²) in [5, 5.41) is 8.18. The number of rotatable bonds is 9. The number of para-hydroxylation sites is 1.